The zero-order chi connectivity index (χ0) is 16.8. The fraction of sp³-hybridized carbons (Fsp3) is 0.158. The lowest BCUT2D eigenvalue weighted by atomic mass is 10.1. The number of allylic oxidation sites excluding steroid dienone is 2. The lowest BCUT2D eigenvalue weighted by Crippen LogP contribution is -1.89. The SMILES string of the molecule is CCC=CCc1ccc(C(F)=C(F)c2ccc(F)c(F)c2)cc1. The third-order valence-electron chi connectivity index (χ3n) is 3.33. The van der Waals surface area contributed by atoms with Crippen LogP contribution < -0.4 is 0 Å². The molecule has 0 aliphatic rings. The van der Waals surface area contributed by atoms with Gasteiger partial charge in [-0.05, 0) is 36.6 Å². The summed E-state index contributed by atoms with van der Waals surface area (Å²) in [5.41, 5.74) is 0.686. The van der Waals surface area contributed by atoms with Crippen molar-refractivity contribution in [3.05, 3.63) is 82.9 Å². The molecule has 120 valence electrons. The molecule has 0 saturated heterocycles. The number of hydrogen-bond donors (Lipinski definition) is 0. The van der Waals surface area contributed by atoms with E-state index in [4.69, 9.17) is 0 Å². The van der Waals surface area contributed by atoms with E-state index in [9.17, 15) is 17.6 Å². The fourth-order valence-corrected chi connectivity index (χ4v) is 2.06. The van der Waals surface area contributed by atoms with E-state index in [1.54, 1.807) is 12.1 Å². The molecule has 0 atom stereocenters. The summed E-state index contributed by atoms with van der Waals surface area (Å²) in [6.45, 7) is 2.03. The summed E-state index contributed by atoms with van der Waals surface area (Å²) in [6, 6.07) is 8.72. The van der Waals surface area contributed by atoms with Crippen molar-refractivity contribution in [3.8, 4) is 0 Å². The zero-order valence-corrected chi connectivity index (χ0v) is 12.6. The Labute approximate surface area is 132 Å². The molecule has 2 aromatic rings. The number of rotatable bonds is 5. The first-order valence-electron chi connectivity index (χ1n) is 7.28. The predicted molar refractivity (Wildman–Crippen MR) is 85.0 cm³/mol. The normalized spacial score (nSPS) is 12.6. The highest BCUT2D eigenvalue weighted by Crippen LogP contribution is 2.29. The molecule has 0 heterocycles. The highest BCUT2D eigenvalue weighted by molar-refractivity contribution is 5.83. The van der Waals surface area contributed by atoms with Gasteiger partial charge in [0.15, 0.2) is 23.3 Å². The first-order chi connectivity index (χ1) is 11.0. The largest absolute Gasteiger partial charge is 0.204 e. The van der Waals surface area contributed by atoms with Crippen LogP contribution in [0.25, 0.3) is 11.7 Å². The summed E-state index contributed by atoms with van der Waals surface area (Å²) in [5, 5.41) is 0. The molecular weight excluding hydrogens is 304 g/mol. The molecule has 0 radical (unpaired) electrons. The molecule has 0 aliphatic carbocycles. The molecule has 2 rings (SSSR count). The van der Waals surface area contributed by atoms with Gasteiger partial charge < -0.3 is 0 Å². The van der Waals surface area contributed by atoms with Gasteiger partial charge in [0, 0.05) is 11.1 Å². The van der Waals surface area contributed by atoms with E-state index in [1.165, 1.54) is 12.1 Å². The number of benzene rings is 2. The van der Waals surface area contributed by atoms with Gasteiger partial charge >= 0.3 is 0 Å². The van der Waals surface area contributed by atoms with Crippen LogP contribution >= 0.6 is 0 Å². The summed E-state index contributed by atoms with van der Waals surface area (Å²) in [4.78, 5) is 0. The second kappa shape index (κ2) is 7.77. The van der Waals surface area contributed by atoms with Crippen molar-refractivity contribution >= 4 is 11.7 Å². The molecule has 0 aromatic heterocycles. The van der Waals surface area contributed by atoms with Gasteiger partial charge in [-0.25, -0.2) is 17.6 Å². The molecular formula is C19H16F4. The summed E-state index contributed by atoms with van der Waals surface area (Å²) < 4.78 is 54.2. The second-order valence-electron chi connectivity index (χ2n) is 5.04. The number of halogens is 4. The van der Waals surface area contributed by atoms with E-state index in [0.29, 0.717) is 12.5 Å². The summed E-state index contributed by atoms with van der Waals surface area (Å²) in [5.74, 6) is -4.65. The summed E-state index contributed by atoms with van der Waals surface area (Å²) in [7, 11) is 0. The minimum atomic E-state index is -1.22. The average Bonchev–Trinajstić information content (AvgIpc) is 2.57. The van der Waals surface area contributed by atoms with Gasteiger partial charge in [0.2, 0.25) is 0 Å². The Morgan fingerprint density at radius 1 is 0.826 bits per heavy atom. The Bertz CT molecular complexity index is 728. The van der Waals surface area contributed by atoms with Crippen LogP contribution in [0.3, 0.4) is 0 Å². The Balaban J connectivity index is 2.25. The Hall–Kier alpha value is -2.36. The minimum Gasteiger partial charge on any atom is -0.204 e. The van der Waals surface area contributed by atoms with Gasteiger partial charge in [-0.3, -0.25) is 0 Å². The Kier molecular flexibility index (Phi) is 5.74. The fourth-order valence-electron chi connectivity index (χ4n) is 2.06. The maximum absolute atomic E-state index is 14.2. The van der Waals surface area contributed by atoms with Crippen LogP contribution in [-0.2, 0) is 6.42 Å². The van der Waals surface area contributed by atoms with Crippen LogP contribution in [0.15, 0.2) is 54.6 Å². The molecule has 0 amide bonds. The zero-order valence-electron chi connectivity index (χ0n) is 12.6. The Morgan fingerprint density at radius 2 is 1.43 bits per heavy atom. The second-order valence-corrected chi connectivity index (χ2v) is 5.04. The van der Waals surface area contributed by atoms with Crippen LogP contribution in [0.4, 0.5) is 17.6 Å². The molecule has 0 bridgehead atoms. The van der Waals surface area contributed by atoms with E-state index in [0.717, 1.165) is 24.1 Å². The highest BCUT2D eigenvalue weighted by atomic mass is 19.2. The topological polar surface area (TPSA) is 0 Å². The van der Waals surface area contributed by atoms with Gasteiger partial charge in [-0.2, -0.15) is 0 Å². The molecule has 2 aromatic carbocycles. The third kappa shape index (κ3) is 4.31. The highest BCUT2D eigenvalue weighted by Gasteiger charge is 2.13. The van der Waals surface area contributed by atoms with E-state index >= 15 is 0 Å². The van der Waals surface area contributed by atoms with Crippen LogP contribution in [0.2, 0.25) is 0 Å². The van der Waals surface area contributed by atoms with Crippen molar-refractivity contribution in [1.82, 2.24) is 0 Å². The van der Waals surface area contributed by atoms with Crippen molar-refractivity contribution in [2.24, 2.45) is 0 Å². The molecule has 4 heteroatoms. The van der Waals surface area contributed by atoms with E-state index < -0.39 is 23.3 Å². The summed E-state index contributed by atoms with van der Waals surface area (Å²) in [6.07, 6.45) is 5.68. The first kappa shape index (κ1) is 17.0. The molecule has 23 heavy (non-hydrogen) atoms. The lowest BCUT2D eigenvalue weighted by molar-refractivity contribution is 0.507. The maximum Gasteiger partial charge on any atom is 0.166 e. The van der Waals surface area contributed by atoms with Gasteiger partial charge in [-0.1, -0.05) is 43.3 Å². The van der Waals surface area contributed by atoms with Gasteiger partial charge in [0.05, 0.1) is 0 Å². The van der Waals surface area contributed by atoms with Crippen LogP contribution in [0.5, 0.6) is 0 Å². The minimum absolute atomic E-state index is 0.0513. The Morgan fingerprint density at radius 3 is 2.04 bits per heavy atom. The van der Waals surface area contributed by atoms with Crippen LogP contribution in [0, 0.1) is 11.6 Å². The molecule has 0 unspecified atom stereocenters. The smallest absolute Gasteiger partial charge is 0.166 e. The molecule has 0 aliphatic heterocycles. The van der Waals surface area contributed by atoms with Crippen LogP contribution in [0.1, 0.15) is 30.0 Å². The van der Waals surface area contributed by atoms with Crippen molar-refractivity contribution in [2.75, 3.05) is 0 Å². The molecule has 0 N–H and O–H groups in total. The molecule has 0 saturated carbocycles. The molecule has 0 nitrogen and oxygen atoms in total. The van der Waals surface area contributed by atoms with Gasteiger partial charge in [-0.15, -0.1) is 0 Å². The van der Waals surface area contributed by atoms with Crippen LogP contribution in [-0.4, -0.2) is 0 Å². The van der Waals surface area contributed by atoms with Crippen molar-refractivity contribution in [2.45, 2.75) is 19.8 Å². The quantitative estimate of drug-likeness (QED) is 0.347. The molecule has 0 fully saturated rings. The first-order valence-corrected chi connectivity index (χ1v) is 7.28. The van der Waals surface area contributed by atoms with Gasteiger partial charge in [0.25, 0.3) is 0 Å². The third-order valence-corrected chi connectivity index (χ3v) is 3.33. The maximum atomic E-state index is 14.2. The van der Waals surface area contributed by atoms with E-state index in [1.807, 2.05) is 19.1 Å². The summed E-state index contributed by atoms with van der Waals surface area (Å²) >= 11 is 0. The van der Waals surface area contributed by atoms with E-state index in [-0.39, 0.29) is 11.1 Å². The standard InChI is InChI=1S/C19H16F4/c1-2-3-4-5-13-6-8-14(9-7-13)18(22)19(23)15-10-11-16(20)17(21)12-15/h3-4,6-12H,2,5H2,1H3. The number of hydrogen-bond acceptors (Lipinski definition) is 0. The predicted octanol–water partition coefficient (Wildman–Crippen LogP) is 6.24. The van der Waals surface area contributed by atoms with Crippen molar-refractivity contribution in [3.63, 3.8) is 0 Å². The lowest BCUT2D eigenvalue weighted by Gasteiger charge is -2.04. The van der Waals surface area contributed by atoms with E-state index in [2.05, 4.69) is 0 Å². The van der Waals surface area contributed by atoms with Crippen molar-refractivity contribution in [1.29, 1.82) is 0 Å². The molecule has 0 spiro atoms. The van der Waals surface area contributed by atoms with Gasteiger partial charge in [0.1, 0.15) is 0 Å². The van der Waals surface area contributed by atoms with Crippen molar-refractivity contribution < 1.29 is 17.6 Å². The monoisotopic (exact) mass is 320 g/mol. The average molecular weight is 320 g/mol.